The van der Waals surface area contributed by atoms with E-state index >= 15 is 0 Å². The van der Waals surface area contributed by atoms with E-state index in [-0.39, 0.29) is 6.54 Å². The molecule has 0 saturated heterocycles. The van der Waals surface area contributed by atoms with Gasteiger partial charge in [0.1, 0.15) is 17.9 Å². The fourth-order valence-electron chi connectivity index (χ4n) is 1.76. The monoisotopic (exact) mass is 250 g/mol. The lowest BCUT2D eigenvalue weighted by Gasteiger charge is -2.21. The molecule has 0 unspecified atom stereocenters. The molecule has 0 aliphatic carbocycles. The summed E-state index contributed by atoms with van der Waals surface area (Å²) in [6.45, 7) is 0.768. The fraction of sp³-hybridized carbons (Fsp3) is 0.333. The van der Waals surface area contributed by atoms with Gasteiger partial charge in [0.15, 0.2) is 0 Å². The molecule has 0 aromatic carbocycles. The third-order valence-electron chi connectivity index (χ3n) is 2.55. The molecule has 2 aromatic rings. The lowest BCUT2D eigenvalue weighted by Crippen LogP contribution is -2.33. The van der Waals surface area contributed by atoms with Crippen molar-refractivity contribution in [2.45, 2.75) is 0 Å². The highest BCUT2D eigenvalue weighted by atomic mass is 16.5. The Morgan fingerprint density at radius 2 is 2.39 bits per heavy atom. The molecule has 0 aliphatic rings. The maximum Gasteiger partial charge on any atom is 0.323 e. The van der Waals surface area contributed by atoms with E-state index in [2.05, 4.69) is 4.98 Å². The SMILES string of the molecule is COCCN(CC(=O)O)c1nccc2occc12. The Balaban J connectivity index is 2.33. The second kappa shape index (κ2) is 5.50. The second-order valence-corrected chi connectivity index (χ2v) is 3.78. The molecule has 0 amide bonds. The van der Waals surface area contributed by atoms with Crippen molar-refractivity contribution in [3.8, 4) is 0 Å². The number of aliphatic carboxylic acids is 1. The summed E-state index contributed by atoms with van der Waals surface area (Å²) in [6, 6.07) is 3.52. The zero-order chi connectivity index (χ0) is 13.0. The highest BCUT2D eigenvalue weighted by Gasteiger charge is 2.15. The molecule has 2 heterocycles. The molecule has 0 bridgehead atoms. The number of anilines is 1. The number of hydrogen-bond donors (Lipinski definition) is 1. The van der Waals surface area contributed by atoms with Crippen LogP contribution in [0.2, 0.25) is 0 Å². The summed E-state index contributed by atoms with van der Waals surface area (Å²) in [5.41, 5.74) is 0.688. The first kappa shape index (κ1) is 12.4. The Morgan fingerprint density at radius 1 is 1.56 bits per heavy atom. The van der Waals surface area contributed by atoms with Gasteiger partial charge in [0.2, 0.25) is 0 Å². The lowest BCUT2D eigenvalue weighted by atomic mass is 10.3. The van der Waals surface area contributed by atoms with Crippen LogP contribution in [0, 0.1) is 0 Å². The van der Waals surface area contributed by atoms with Crippen LogP contribution in [0.1, 0.15) is 0 Å². The minimum atomic E-state index is -0.909. The van der Waals surface area contributed by atoms with Crippen LogP contribution in [-0.2, 0) is 9.53 Å². The molecule has 96 valence electrons. The number of hydrogen-bond acceptors (Lipinski definition) is 5. The predicted octanol–water partition coefficient (Wildman–Crippen LogP) is 1.37. The van der Waals surface area contributed by atoms with Crippen LogP contribution in [0.3, 0.4) is 0 Å². The van der Waals surface area contributed by atoms with Crippen LogP contribution < -0.4 is 4.90 Å². The Morgan fingerprint density at radius 3 is 3.11 bits per heavy atom. The third-order valence-corrected chi connectivity index (χ3v) is 2.55. The molecule has 6 heteroatoms. The van der Waals surface area contributed by atoms with Crippen LogP contribution >= 0.6 is 0 Å². The number of carboxylic acids is 1. The predicted molar refractivity (Wildman–Crippen MR) is 65.7 cm³/mol. The number of carbonyl (C=O) groups is 1. The van der Waals surface area contributed by atoms with E-state index in [1.807, 2.05) is 0 Å². The molecule has 0 spiro atoms. The smallest absolute Gasteiger partial charge is 0.323 e. The van der Waals surface area contributed by atoms with Crippen LogP contribution in [0.15, 0.2) is 29.0 Å². The number of rotatable bonds is 6. The summed E-state index contributed by atoms with van der Waals surface area (Å²) >= 11 is 0. The first-order chi connectivity index (χ1) is 8.72. The van der Waals surface area contributed by atoms with Gasteiger partial charge in [-0.15, -0.1) is 0 Å². The topological polar surface area (TPSA) is 75.8 Å². The van der Waals surface area contributed by atoms with Gasteiger partial charge in [0.05, 0.1) is 18.3 Å². The Labute approximate surface area is 104 Å². The molecule has 2 aromatic heterocycles. The lowest BCUT2D eigenvalue weighted by molar-refractivity contribution is -0.135. The third kappa shape index (κ3) is 2.60. The number of nitrogens with zero attached hydrogens (tertiary/aromatic N) is 2. The molecule has 0 saturated carbocycles. The van der Waals surface area contributed by atoms with Crippen molar-refractivity contribution < 1.29 is 19.1 Å². The van der Waals surface area contributed by atoms with Crippen molar-refractivity contribution in [1.82, 2.24) is 4.98 Å². The summed E-state index contributed by atoms with van der Waals surface area (Å²) in [5, 5.41) is 9.73. The second-order valence-electron chi connectivity index (χ2n) is 3.78. The molecule has 0 aliphatic heterocycles. The fourth-order valence-corrected chi connectivity index (χ4v) is 1.76. The number of fused-ring (bicyclic) bond motifs is 1. The molecule has 1 N–H and O–H groups in total. The minimum Gasteiger partial charge on any atom is -0.480 e. The highest BCUT2D eigenvalue weighted by Crippen LogP contribution is 2.24. The number of ether oxygens (including phenoxy) is 1. The average molecular weight is 250 g/mol. The number of pyridine rings is 1. The van der Waals surface area contributed by atoms with Crippen molar-refractivity contribution in [1.29, 1.82) is 0 Å². The van der Waals surface area contributed by atoms with E-state index < -0.39 is 5.97 Å². The number of methoxy groups -OCH3 is 1. The standard InChI is InChI=1S/C12H14N2O4/c1-17-7-5-14(8-11(15)16)12-9-3-6-18-10(9)2-4-13-12/h2-4,6H,5,7-8H2,1H3,(H,15,16). The van der Waals surface area contributed by atoms with Crippen molar-refractivity contribution in [3.63, 3.8) is 0 Å². The van der Waals surface area contributed by atoms with E-state index in [1.54, 1.807) is 36.6 Å². The number of aromatic nitrogens is 1. The van der Waals surface area contributed by atoms with Gasteiger partial charge >= 0.3 is 5.97 Å². The molecule has 0 fully saturated rings. The first-order valence-corrected chi connectivity index (χ1v) is 5.50. The molecular weight excluding hydrogens is 236 g/mol. The van der Waals surface area contributed by atoms with Gasteiger partial charge in [0.25, 0.3) is 0 Å². The van der Waals surface area contributed by atoms with Gasteiger partial charge in [-0.2, -0.15) is 0 Å². The van der Waals surface area contributed by atoms with Gasteiger partial charge < -0.3 is 19.2 Å². The summed E-state index contributed by atoms with van der Waals surface area (Å²) < 4.78 is 10.3. The Hall–Kier alpha value is -2.08. The van der Waals surface area contributed by atoms with Crippen LogP contribution in [0.25, 0.3) is 11.0 Å². The van der Waals surface area contributed by atoms with Gasteiger partial charge in [0, 0.05) is 19.9 Å². The summed E-state index contributed by atoms with van der Waals surface area (Å²) in [4.78, 5) is 16.8. The largest absolute Gasteiger partial charge is 0.480 e. The van der Waals surface area contributed by atoms with Crippen molar-refractivity contribution in [3.05, 3.63) is 24.6 Å². The molecule has 2 rings (SSSR count). The van der Waals surface area contributed by atoms with Crippen molar-refractivity contribution in [2.24, 2.45) is 0 Å². The molecular formula is C12H14N2O4. The Bertz CT molecular complexity index is 538. The zero-order valence-corrected chi connectivity index (χ0v) is 10.00. The van der Waals surface area contributed by atoms with Crippen molar-refractivity contribution >= 4 is 22.8 Å². The summed E-state index contributed by atoms with van der Waals surface area (Å²) in [5.74, 6) is -0.311. The first-order valence-electron chi connectivity index (χ1n) is 5.50. The molecule has 18 heavy (non-hydrogen) atoms. The number of furan rings is 1. The van der Waals surface area contributed by atoms with Gasteiger partial charge in [-0.3, -0.25) is 4.79 Å². The summed E-state index contributed by atoms with van der Waals surface area (Å²) in [7, 11) is 1.57. The zero-order valence-electron chi connectivity index (χ0n) is 10.00. The van der Waals surface area contributed by atoms with Crippen LogP contribution in [0.4, 0.5) is 5.82 Å². The van der Waals surface area contributed by atoms with E-state index in [1.165, 1.54) is 0 Å². The van der Waals surface area contributed by atoms with E-state index in [0.29, 0.717) is 24.6 Å². The normalized spacial score (nSPS) is 10.7. The van der Waals surface area contributed by atoms with E-state index in [0.717, 1.165) is 5.39 Å². The van der Waals surface area contributed by atoms with Crippen LogP contribution in [0.5, 0.6) is 0 Å². The van der Waals surface area contributed by atoms with E-state index in [4.69, 9.17) is 14.3 Å². The van der Waals surface area contributed by atoms with Gasteiger partial charge in [-0.25, -0.2) is 4.98 Å². The van der Waals surface area contributed by atoms with Crippen molar-refractivity contribution in [2.75, 3.05) is 31.7 Å². The van der Waals surface area contributed by atoms with Gasteiger partial charge in [-0.05, 0) is 12.1 Å². The maximum absolute atomic E-state index is 10.9. The minimum absolute atomic E-state index is 0.124. The van der Waals surface area contributed by atoms with Crippen LogP contribution in [-0.4, -0.2) is 42.9 Å². The Kier molecular flexibility index (Phi) is 3.78. The molecule has 6 nitrogen and oxygen atoms in total. The molecule has 0 atom stereocenters. The summed E-state index contributed by atoms with van der Waals surface area (Å²) in [6.07, 6.45) is 3.16. The maximum atomic E-state index is 10.9. The molecule has 0 radical (unpaired) electrons. The number of carboxylic acid groups (broad SMARTS) is 1. The van der Waals surface area contributed by atoms with E-state index in [9.17, 15) is 4.79 Å². The quantitative estimate of drug-likeness (QED) is 0.834. The average Bonchev–Trinajstić information content (AvgIpc) is 2.82. The van der Waals surface area contributed by atoms with Gasteiger partial charge in [-0.1, -0.05) is 0 Å². The highest BCUT2D eigenvalue weighted by molar-refractivity contribution is 5.89.